The summed E-state index contributed by atoms with van der Waals surface area (Å²) in [5, 5.41) is 25.8. The van der Waals surface area contributed by atoms with Gasteiger partial charge < -0.3 is 8.37 Å². The summed E-state index contributed by atoms with van der Waals surface area (Å²) in [5.41, 5.74) is 3.50. The molecule has 51 heavy (non-hydrogen) atoms. The molecule has 5 aromatic rings. The number of rotatable bonds is 13. The van der Waals surface area contributed by atoms with Gasteiger partial charge in [-0.25, -0.2) is 5.43 Å². The van der Waals surface area contributed by atoms with Gasteiger partial charge in [0.1, 0.15) is 21.3 Å². The molecule has 0 aliphatic rings. The van der Waals surface area contributed by atoms with Gasteiger partial charge in [0.25, 0.3) is 17.3 Å². The fourth-order valence-electron chi connectivity index (χ4n) is 4.15. The van der Waals surface area contributed by atoms with Crippen molar-refractivity contribution in [2.24, 2.45) is 10.1 Å². The zero-order valence-corrected chi connectivity index (χ0v) is 27.4. The number of carbonyl (C=O) groups excluding carboxylic acids is 1. The van der Waals surface area contributed by atoms with Gasteiger partial charge in [-0.05, 0) is 96.1 Å². The van der Waals surface area contributed by atoms with E-state index in [1.54, 1.807) is 24.3 Å². The summed E-state index contributed by atoms with van der Waals surface area (Å²) in [6, 6.07) is 26.8. The van der Waals surface area contributed by atoms with E-state index in [9.17, 15) is 41.9 Å². The van der Waals surface area contributed by atoms with Crippen LogP contribution in [-0.4, -0.2) is 45.0 Å². The molecule has 1 amide bonds. The van der Waals surface area contributed by atoms with Gasteiger partial charge in [-0.1, -0.05) is 12.1 Å². The fourth-order valence-corrected chi connectivity index (χ4v) is 6.09. The van der Waals surface area contributed by atoms with Gasteiger partial charge in [-0.2, -0.15) is 21.9 Å². The summed E-state index contributed by atoms with van der Waals surface area (Å²) >= 11 is 0. The van der Waals surface area contributed by atoms with Crippen LogP contribution < -0.4 is 13.8 Å². The summed E-state index contributed by atoms with van der Waals surface area (Å²) in [6.45, 7) is 0. The van der Waals surface area contributed by atoms with Crippen molar-refractivity contribution in [1.82, 2.24) is 5.43 Å². The molecule has 258 valence electrons. The molecule has 5 aromatic carbocycles. The lowest BCUT2D eigenvalue weighted by Crippen LogP contribution is -2.17. The standard InChI is InChI=1S/C33H23N5O11S2/c39-33(36-35-22-24-9-17-30(18-10-24)49-51(46,47)32-6-2-4-28(20-32)38(42)43)25-11-13-26(14-12-25)34-21-23-7-15-29(16-8-23)48-50(44,45)31-5-1-3-27(19-31)37(40)41/h1-22H,(H,36,39)/b34-21?,35-22-. The Balaban J connectivity index is 1.12. The van der Waals surface area contributed by atoms with E-state index in [0.717, 1.165) is 18.2 Å². The highest BCUT2D eigenvalue weighted by molar-refractivity contribution is 7.87. The van der Waals surface area contributed by atoms with Crippen LogP contribution in [0.25, 0.3) is 0 Å². The molecule has 1 N–H and O–H groups in total. The topological polar surface area (TPSA) is 227 Å². The van der Waals surface area contributed by atoms with Crippen molar-refractivity contribution >= 4 is 55.6 Å². The highest BCUT2D eigenvalue weighted by Gasteiger charge is 2.21. The van der Waals surface area contributed by atoms with Crippen molar-refractivity contribution in [2.75, 3.05) is 0 Å². The largest absolute Gasteiger partial charge is 0.379 e. The van der Waals surface area contributed by atoms with E-state index in [1.165, 1.54) is 91.3 Å². The van der Waals surface area contributed by atoms with E-state index in [-0.39, 0.29) is 32.5 Å². The number of hydrazone groups is 1. The van der Waals surface area contributed by atoms with E-state index in [1.807, 2.05) is 0 Å². The average Bonchev–Trinajstić information content (AvgIpc) is 3.12. The number of nitro groups is 2. The molecule has 0 fully saturated rings. The predicted octanol–water partition coefficient (Wildman–Crippen LogP) is 5.55. The first-order valence-corrected chi connectivity index (χ1v) is 17.2. The van der Waals surface area contributed by atoms with Crippen LogP contribution in [0.2, 0.25) is 0 Å². The van der Waals surface area contributed by atoms with Crippen molar-refractivity contribution < 1.29 is 39.8 Å². The Morgan fingerprint density at radius 3 is 1.53 bits per heavy atom. The summed E-state index contributed by atoms with van der Waals surface area (Å²) < 4.78 is 60.2. The van der Waals surface area contributed by atoms with Crippen LogP contribution in [0, 0.1) is 20.2 Å². The zero-order valence-electron chi connectivity index (χ0n) is 25.8. The van der Waals surface area contributed by atoms with E-state index in [2.05, 4.69) is 15.5 Å². The van der Waals surface area contributed by atoms with Crippen LogP contribution >= 0.6 is 0 Å². The maximum atomic E-state index is 12.5. The third-order valence-electron chi connectivity index (χ3n) is 6.68. The lowest BCUT2D eigenvalue weighted by molar-refractivity contribution is -0.385. The quantitative estimate of drug-likeness (QED) is 0.0683. The monoisotopic (exact) mass is 729 g/mol. The van der Waals surface area contributed by atoms with Gasteiger partial charge in [-0.15, -0.1) is 0 Å². The highest BCUT2D eigenvalue weighted by atomic mass is 32.2. The minimum absolute atomic E-state index is 0.00590. The molecule has 0 radical (unpaired) electrons. The third-order valence-corrected chi connectivity index (χ3v) is 9.16. The molecule has 0 unspecified atom stereocenters. The first-order valence-electron chi connectivity index (χ1n) is 14.3. The van der Waals surface area contributed by atoms with Gasteiger partial charge >= 0.3 is 20.2 Å². The summed E-state index contributed by atoms with van der Waals surface area (Å²) in [4.78, 5) is 36.6. The van der Waals surface area contributed by atoms with E-state index in [4.69, 9.17) is 8.37 Å². The van der Waals surface area contributed by atoms with E-state index < -0.39 is 41.7 Å². The Morgan fingerprint density at radius 1 is 0.627 bits per heavy atom. The van der Waals surface area contributed by atoms with E-state index in [0.29, 0.717) is 16.8 Å². The predicted molar refractivity (Wildman–Crippen MR) is 183 cm³/mol. The molecule has 0 saturated heterocycles. The zero-order chi connectivity index (χ0) is 36.6. The van der Waals surface area contributed by atoms with Crippen LogP contribution in [0.1, 0.15) is 21.5 Å². The van der Waals surface area contributed by atoms with Crippen LogP contribution in [0.4, 0.5) is 17.1 Å². The Morgan fingerprint density at radius 2 is 1.08 bits per heavy atom. The van der Waals surface area contributed by atoms with Gasteiger partial charge in [0.05, 0.1) is 21.7 Å². The normalized spacial score (nSPS) is 11.7. The minimum Gasteiger partial charge on any atom is -0.379 e. The molecule has 0 aromatic heterocycles. The SMILES string of the molecule is O=C(N/N=C\c1ccc(OS(=O)(=O)c2cccc([N+](=O)[O-])c2)cc1)c1ccc(N=Cc2ccc(OS(=O)(=O)c3cccc([N+](=O)[O-])c3)cc2)cc1. The maximum absolute atomic E-state index is 12.5. The molecule has 0 saturated carbocycles. The molecule has 0 atom stereocenters. The maximum Gasteiger partial charge on any atom is 0.339 e. The Bertz CT molecular complexity index is 2380. The van der Waals surface area contributed by atoms with Crippen molar-refractivity contribution in [3.63, 3.8) is 0 Å². The number of nitro benzene ring substituents is 2. The van der Waals surface area contributed by atoms with Crippen LogP contribution in [0.3, 0.4) is 0 Å². The number of nitrogens with one attached hydrogen (secondary N) is 1. The number of benzene rings is 5. The van der Waals surface area contributed by atoms with E-state index >= 15 is 0 Å². The van der Waals surface area contributed by atoms with Crippen molar-refractivity contribution in [2.45, 2.75) is 9.79 Å². The summed E-state index contributed by atoms with van der Waals surface area (Å²) in [7, 11) is -8.63. The molecule has 0 heterocycles. The minimum atomic E-state index is -4.32. The Hall–Kier alpha value is -6.79. The van der Waals surface area contributed by atoms with Gasteiger partial charge in [0.15, 0.2) is 0 Å². The number of hydrogen-bond donors (Lipinski definition) is 1. The number of aliphatic imine (C=N–C) groups is 1. The fraction of sp³-hybridized carbons (Fsp3) is 0. The molecule has 0 aliphatic heterocycles. The average molecular weight is 730 g/mol. The summed E-state index contributed by atoms with van der Waals surface area (Å²) in [6.07, 6.45) is 2.84. The second-order valence-electron chi connectivity index (χ2n) is 10.2. The lowest BCUT2D eigenvalue weighted by atomic mass is 10.2. The van der Waals surface area contributed by atoms with Crippen LogP contribution in [-0.2, 0) is 20.2 Å². The smallest absolute Gasteiger partial charge is 0.339 e. The number of non-ortho nitro benzene ring substituents is 2. The van der Waals surface area contributed by atoms with Crippen molar-refractivity contribution in [3.8, 4) is 11.5 Å². The third kappa shape index (κ3) is 9.43. The summed E-state index contributed by atoms with van der Waals surface area (Å²) in [5.74, 6) is -0.559. The second kappa shape index (κ2) is 15.2. The first kappa shape index (κ1) is 35.5. The van der Waals surface area contributed by atoms with Crippen LogP contribution in [0.5, 0.6) is 11.5 Å². The molecular formula is C33H23N5O11S2. The number of amides is 1. The Kier molecular flexibility index (Phi) is 10.6. The number of hydrogen-bond acceptors (Lipinski definition) is 13. The van der Waals surface area contributed by atoms with Gasteiger partial charge in [0, 0.05) is 36.0 Å². The lowest BCUT2D eigenvalue weighted by Gasteiger charge is -2.07. The molecular weight excluding hydrogens is 707 g/mol. The van der Waals surface area contributed by atoms with Crippen molar-refractivity contribution in [1.29, 1.82) is 0 Å². The molecule has 0 bridgehead atoms. The molecule has 0 aliphatic carbocycles. The number of carbonyl (C=O) groups is 1. The van der Waals surface area contributed by atoms with Crippen molar-refractivity contribution in [3.05, 3.63) is 158 Å². The van der Waals surface area contributed by atoms with Gasteiger partial charge in [0.2, 0.25) is 0 Å². The van der Waals surface area contributed by atoms with Crippen LogP contribution in [0.15, 0.2) is 141 Å². The number of nitrogens with zero attached hydrogens (tertiary/aromatic N) is 4. The Labute approximate surface area is 289 Å². The molecule has 18 heteroatoms. The van der Waals surface area contributed by atoms with Gasteiger partial charge in [-0.3, -0.25) is 30.0 Å². The molecule has 16 nitrogen and oxygen atoms in total. The molecule has 5 rings (SSSR count). The highest BCUT2D eigenvalue weighted by Crippen LogP contribution is 2.24. The molecule has 0 spiro atoms. The first-order chi connectivity index (χ1) is 24.3. The second-order valence-corrected chi connectivity index (χ2v) is 13.3.